The van der Waals surface area contributed by atoms with Crippen LogP contribution in [0.5, 0.6) is 0 Å². The van der Waals surface area contributed by atoms with E-state index in [9.17, 15) is 4.79 Å². The Kier molecular flexibility index (Phi) is 3.20. The fourth-order valence-electron chi connectivity index (χ4n) is 1.92. The van der Waals surface area contributed by atoms with E-state index in [-0.39, 0.29) is 5.97 Å². The molecule has 0 saturated carbocycles. The summed E-state index contributed by atoms with van der Waals surface area (Å²) in [6.07, 6.45) is 0. The van der Waals surface area contributed by atoms with Gasteiger partial charge in [-0.2, -0.15) is 0 Å². The van der Waals surface area contributed by atoms with Crippen LogP contribution in [-0.2, 0) is 4.74 Å². The Balaban J connectivity index is 2.58. The van der Waals surface area contributed by atoms with Gasteiger partial charge in [-0.3, -0.25) is 0 Å². The summed E-state index contributed by atoms with van der Waals surface area (Å²) in [5, 5.41) is 1.14. The van der Waals surface area contributed by atoms with Crippen LogP contribution in [-0.4, -0.2) is 12.6 Å². The first kappa shape index (κ1) is 12.1. The number of carbonyl (C=O) groups excluding carboxylic acids is 1. The van der Waals surface area contributed by atoms with Crippen molar-refractivity contribution in [1.29, 1.82) is 0 Å². The van der Waals surface area contributed by atoms with Gasteiger partial charge in [0.1, 0.15) is 4.88 Å². The smallest absolute Gasteiger partial charge is 0.348 e. The molecule has 0 saturated heterocycles. The number of thiophene rings is 1. The highest BCUT2D eigenvalue weighted by molar-refractivity contribution is 7.21. The van der Waals surface area contributed by atoms with Gasteiger partial charge in [0.05, 0.1) is 6.61 Å². The molecule has 0 fully saturated rings. The molecule has 2 aromatic rings. The second-order valence-corrected chi connectivity index (χ2v) is 5.25. The van der Waals surface area contributed by atoms with Gasteiger partial charge < -0.3 is 4.74 Å². The van der Waals surface area contributed by atoms with Crippen LogP contribution in [0.1, 0.15) is 33.3 Å². The van der Waals surface area contributed by atoms with Crippen molar-refractivity contribution in [2.45, 2.75) is 27.7 Å². The van der Waals surface area contributed by atoms with Crippen molar-refractivity contribution in [3.63, 3.8) is 0 Å². The van der Waals surface area contributed by atoms with Crippen molar-refractivity contribution in [2.24, 2.45) is 0 Å². The standard InChI is InChI=1S/C14H16O2S/c1-5-16-14(15)12-7-11-6-8(2)9(3)10(4)13(11)17-12/h6-7H,5H2,1-4H3. The Morgan fingerprint density at radius 3 is 2.59 bits per heavy atom. The third-order valence-corrected chi connectivity index (χ3v) is 4.35. The van der Waals surface area contributed by atoms with Gasteiger partial charge in [0, 0.05) is 4.70 Å². The van der Waals surface area contributed by atoms with Crippen LogP contribution >= 0.6 is 11.3 Å². The number of aryl methyl sites for hydroxylation is 2. The van der Waals surface area contributed by atoms with Crippen molar-refractivity contribution >= 4 is 27.4 Å². The van der Waals surface area contributed by atoms with Crippen LogP contribution in [0.15, 0.2) is 12.1 Å². The summed E-state index contributed by atoms with van der Waals surface area (Å²) >= 11 is 1.52. The molecule has 1 heterocycles. The topological polar surface area (TPSA) is 26.3 Å². The molecule has 2 rings (SSSR count). The highest BCUT2D eigenvalue weighted by Crippen LogP contribution is 2.32. The van der Waals surface area contributed by atoms with E-state index in [0.29, 0.717) is 11.5 Å². The van der Waals surface area contributed by atoms with Crippen LogP contribution in [0.4, 0.5) is 0 Å². The summed E-state index contributed by atoms with van der Waals surface area (Å²) in [7, 11) is 0. The van der Waals surface area contributed by atoms with Crippen LogP contribution in [0.25, 0.3) is 10.1 Å². The second kappa shape index (κ2) is 4.49. The van der Waals surface area contributed by atoms with Gasteiger partial charge in [-0.1, -0.05) is 6.07 Å². The van der Waals surface area contributed by atoms with Crippen LogP contribution in [0.2, 0.25) is 0 Å². The number of fused-ring (bicyclic) bond motifs is 1. The average Bonchev–Trinajstić information content (AvgIpc) is 2.70. The molecule has 0 aliphatic rings. The zero-order valence-corrected chi connectivity index (χ0v) is 11.4. The Morgan fingerprint density at radius 1 is 1.24 bits per heavy atom. The SMILES string of the molecule is CCOC(=O)c1cc2cc(C)c(C)c(C)c2s1. The third kappa shape index (κ3) is 2.07. The molecule has 1 aromatic heterocycles. The molecule has 90 valence electrons. The summed E-state index contributed by atoms with van der Waals surface area (Å²) in [5.41, 5.74) is 3.83. The van der Waals surface area contributed by atoms with E-state index in [0.717, 1.165) is 5.39 Å². The number of hydrogen-bond donors (Lipinski definition) is 0. The van der Waals surface area contributed by atoms with Crippen LogP contribution in [0, 0.1) is 20.8 Å². The van der Waals surface area contributed by atoms with Gasteiger partial charge in [0.2, 0.25) is 0 Å². The van der Waals surface area contributed by atoms with E-state index >= 15 is 0 Å². The molecule has 0 unspecified atom stereocenters. The maximum atomic E-state index is 11.7. The zero-order chi connectivity index (χ0) is 12.6. The molecule has 0 bridgehead atoms. The lowest BCUT2D eigenvalue weighted by molar-refractivity contribution is 0.0532. The first-order chi connectivity index (χ1) is 8.04. The Morgan fingerprint density at radius 2 is 1.94 bits per heavy atom. The summed E-state index contributed by atoms with van der Waals surface area (Å²) in [6.45, 7) is 8.57. The van der Waals surface area contributed by atoms with E-state index in [1.54, 1.807) is 0 Å². The number of benzene rings is 1. The molecule has 0 amide bonds. The molecule has 0 aliphatic carbocycles. The maximum Gasteiger partial charge on any atom is 0.348 e. The number of hydrogen-bond acceptors (Lipinski definition) is 3. The van der Waals surface area contributed by atoms with Gasteiger partial charge in [-0.15, -0.1) is 11.3 Å². The molecule has 0 atom stereocenters. The highest BCUT2D eigenvalue weighted by atomic mass is 32.1. The molecule has 3 heteroatoms. The zero-order valence-electron chi connectivity index (χ0n) is 10.6. The van der Waals surface area contributed by atoms with Crippen molar-refractivity contribution in [3.05, 3.63) is 33.7 Å². The minimum absolute atomic E-state index is 0.219. The molecular formula is C14H16O2S. The minimum atomic E-state index is -0.219. The molecule has 0 spiro atoms. The third-order valence-electron chi connectivity index (χ3n) is 3.10. The minimum Gasteiger partial charge on any atom is -0.462 e. The Hall–Kier alpha value is -1.35. The van der Waals surface area contributed by atoms with E-state index in [1.165, 1.54) is 32.7 Å². The normalized spacial score (nSPS) is 10.8. The van der Waals surface area contributed by atoms with Gasteiger partial charge in [0.15, 0.2) is 0 Å². The molecule has 2 nitrogen and oxygen atoms in total. The van der Waals surface area contributed by atoms with Gasteiger partial charge in [-0.25, -0.2) is 4.79 Å². The first-order valence-electron chi connectivity index (χ1n) is 5.72. The van der Waals surface area contributed by atoms with Crippen molar-refractivity contribution in [3.8, 4) is 0 Å². The van der Waals surface area contributed by atoms with Crippen molar-refractivity contribution in [1.82, 2.24) is 0 Å². The summed E-state index contributed by atoms with van der Waals surface area (Å²) in [4.78, 5) is 12.4. The lowest BCUT2D eigenvalue weighted by Gasteiger charge is -2.04. The van der Waals surface area contributed by atoms with E-state index in [1.807, 2.05) is 13.0 Å². The quantitative estimate of drug-likeness (QED) is 0.751. The van der Waals surface area contributed by atoms with Gasteiger partial charge >= 0.3 is 5.97 Å². The number of esters is 1. The number of ether oxygens (including phenoxy) is 1. The van der Waals surface area contributed by atoms with Crippen LogP contribution in [0.3, 0.4) is 0 Å². The van der Waals surface area contributed by atoms with Gasteiger partial charge in [0.25, 0.3) is 0 Å². The lowest BCUT2D eigenvalue weighted by atomic mass is 10.0. The summed E-state index contributed by atoms with van der Waals surface area (Å²) in [5.74, 6) is -0.219. The predicted octanol–water partition coefficient (Wildman–Crippen LogP) is 4.00. The predicted molar refractivity (Wildman–Crippen MR) is 72.0 cm³/mol. The van der Waals surface area contributed by atoms with Crippen LogP contribution < -0.4 is 0 Å². The fourth-order valence-corrected chi connectivity index (χ4v) is 3.01. The first-order valence-corrected chi connectivity index (χ1v) is 6.53. The number of carbonyl (C=O) groups is 1. The van der Waals surface area contributed by atoms with Gasteiger partial charge in [-0.05, 0) is 55.8 Å². The largest absolute Gasteiger partial charge is 0.462 e. The molecule has 0 N–H and O–H groups in total. The molecular weight excluding hydrogens is 232 g/mol. The Labute approximate surface area is 105 Å². The monoisotopic (exact) mass is 248 g/mol. The fraction of sp³-hybridized carbons (Fsp3) is 0.357. The Bertz CT molecular complexity index is 581. The maximum absolute atomic E-state index is 11.7. The molecule has 1 aromatic carbocycles. The molecule has 0 aliphatic heterocycles. The van der Waals surface area contributed by atoms with Crippen molar-refractivity contribution < 1.29 is 9.53 Å². The summed E-state index contributed by atoms with van der Waals surface area (Å²) < 4.78 is 6.22. The molecule has 17 heavy (non-hydrogen) atoms. The summed E-state index contributed by atoms with van der Waals surface area (Å²) in [6, 6.07) is 4.06. The van der Waals surface area contributed by atoms with E-state index in [4.69, 9.17) is 4.74 Å². The van der Waals surface area contributed by atoms with E-state index in [2.05, 4.69) is 26.8 Å². The second-order valence-electron chi connectivity index (χ2n) is 4.19. The van der Waals surface area contributed by atoms with Crippen molar-refractivity contribution in [2.75, 3.05) is 6.61 Å². The average molecular weight is 248 g/mol. The van der Waals surface area contributed by atoms with E-state index < -0.39 is 0 Å². The molecule has 0 radical (unpaired) electrons. The lowest BCUT2D eigenvalue weighted by Crippen LogP contribution is -2.01. The number of rotatable bonds is 2. The highest BCUT2D eigenvalue weighted by Gasteiger charge is 2.13.